The van der Waals surface area contributed by atoms with Crippen molar-refractivity contribution < 1.29 is 29.8 Å². The highest BCUT2D eigenvalue weighted by atomic mass is 16.5. The van der Waals surface area contributed by atoms with E-state index in [1.165, 1.54) is 44.8 Å². The summed E-state index contributed by atoms with van der Waals surface area (Å²) in [6.45, 7) is 0. The van der Waals surface area contributed by atoms with Gasteiger partial charge in [-0.25, -0.2) is 4.79 Å². The molecule has 0 fully saturated rings. The Bertz CT molecular complexity index is 858. The topological polar surface area (TPSA) is 134 Å². The van der Waals surface area contributed by atoms with Crippen LogP contribution in [0.15, 0.2) is 59.1 Å². The molecule has 1 aromatic carbocycles. The van der Waals surface area contributed by atoms with Gasteiger partial charge >= 0.3 is 5.97 Å². The van der Waals surface area contributed by atoms with E-state index in [4.69, 9.17) is 25.0 Å². The van der Waals surface area contributed by atoms with Gasteiger partial charge in [-0.2, -0.15) is 0 Å². The van der Waals surface area contributed by atoms with E-state index < -0.39 is 5.97 Å². The fourth-order valence-electron chi connectivity index (χ4n) is 2.39. The largest absolute Gasteiger partial charge is 0.496 e. The highest BCUT2D eigenvalue weighted by Crippen LogP contribution is 2.34. The van der Waals surface area contributed by atoms with Gasteiger partial charge in [-0.15, -0.1) is 0 Å². The third kappa shape index (κ3) is 4.21. The molecule has 27 heavy (non-hydrogen) atoms. The SMILES string of the molecule is COc1ccc(OC)c2c1C(=NO)C=CC2=NO.O=C(O)c1cccnc1. The zero-order valence-corrected chi connectivity index (χ0v) is 14.5. The van der Waals surface area contributed by atoms with Gasteiger partial charge in [-0.05, 0) is 36.4 Å². The number of methoxy groups -OCH3 is 2. The van der Waals surface area contributed by atoms with E-state index in [9.17, 15) is 4.79 Å². The molecule has 0 spiro atoms. The Labute approximate surface area is 154 Å². The van der Waals surface area contributed by atoms with Crippen LogP contribution in [0.3, 0.4) is 0 Å². The van der Waals surface area contributed by atoms with E-state index in [1.807, 2.05) is 0 Å². The number of carboxylic acid groups (broad SMARTS) is 1. The average molecular weight is 371 g/mol. The van der Waals surface area contributed by atoms with Crippen LogP contribution in [0.4, 0.5) is 0 Å². The predicted octanol–water partition coefficient (Wildman–Crippen LogP) is 2.41. The molecule has 1 aliphatic carbocycles. The van der Waals surface area contributed by atoms with Crippen molar-refractivity contribution in [2.24, 2.45) is 10.3 Å². The number of carbonyl (C=O) groups is 1. The maximum Gasteiger partial charge on any atom is 0.337 e. The molecule has 2 aromatic rings. The van der Waals surface area contributed by atoms with Crippen LogP contribution in [0, 0.1) is 0 Å². The van der Waals surface area contributed by atoms with Crippen LogP contribution in [0.1, 0.15) is 21.5 Å². The summed E-state index contributed by atoms with van der Waals surface area (Å²) in [7, 11) is 3.01. The second-order valence-corrected chi connectivity index (χ2v) is 5.07. The summed E-state index contributed by atoms with van der Waals surface area (Å²) in [4.78, 5) is 13.8. The van der Waals surface area contributed by atoms with E-state index in [0.717, 1.165) is 0 Å². The maximum atomic E-state index is 10.2. The van der Waals surface area contributed by atoms with Gasteiger partial charge in [0, 0.05) is 12.4 Å². The zero-order chi connectivity index (χ0) is 19.8. The van der Waals surface area contributed by atoms with Crippen molar-refractivity contribution in [3.63, 3.8) is 0 Å². The molecule has 9 heteroatoms. The monoisotopic (exact) mass is 371 g/mol. The van der Waals surface area contributed by atoms with E-state index in [1.54, 1.807) is 18.2 Å². The molecule has 0 bridgehead atoms. The Hall–Kier alpha value is -3.88. The van der Waals surface area contributed by atoms with Gasteiger partial charge in [0.25, 0.3) is 0 Å². The van der Waals surface area contributed by atoms with Gasteiger partial charge in [-0.1, -0.05) is 10.3 Å². The van der Waals surface area contributed by atoms with Gasteiger partial charge < -0.3 is 25.0 Å². The summed E-state index contributed by atoms with van der Waals surface area (Å²) >= 11 is 0. The number of fused-ring (bicyclic) bond motifs is 1. The number of aromatic nitrogens is 1. The van der Waals surface area contributed by atoms with Crippen molar-refractivity contribution in [2.45, 2.75) is 0 Å². The van der Waals surface area contributed by atoms with Crippen molar-refractivity contribution in [3.8, 4) is 11.5 Å². The molecule has 3 rings (SSSR count). The minimum absolute atomic E-state index is 0.220. The van der Waals surface area contributed by atoms with Crippen molar-refractivity contribution in [3.05, 3.63) is 65.5 Å². The lowest BCUT2D eigenvalue weighted by atomic mass is 9.92. The molecule has 0 aliphatic heterocycles. The van der Waals surface area contributed by atoms with Gasteiger partial charge in [0.2, 0.25) is 0 Å². The molecule has 9 nitrogen and oxygen atoms in total. The number of oxime groups is 2. The van der Waals surface area contributed by atoms with Crippen LogP contribution in [-0.4, -0.2) is 52.1 Å². The Morgan fingerprint density at radius 1 is 0.963 bits per heavy atom. The summed E-state index contributed by atoms with van der Waals surface area (Å²) in [6.07, 6.45) is 5.90. The molecule has 1 heterocycles. The number of pyridine rings is 1. The molecule has 0 atom stereocenters. The molecule has 1 aromatic heterocycles. The number of aromatic carboxylic acids is 1. The van der Waals surface area contributed by atoms with E-state index in [2.05, 4.69) is 15.3 Å². The van der Waals surface area contributed by atoms with Crippen molar-refractivity contribution in [1.82, 2.24) is 4.98 Å². The minimum Gasteiger partial charge on any atom is -0.496 e. The Balaban J connectivity index is 0.000000244. The molecule has 0 saturated carbocycles. The Kier molecular flexibility index (Phi) is 6.48. The van der Waals surface area contributed by atoms with Gasteiger partial charge in [0.15, 0.2) is 0 Å². The van der Waals surface area contributed by atoms with E-state index in [-0.39, 0.29) is 5.56 Å². The number of carboxylic acids is 1. The van der Waals surface area contributed by atoms with Crippen LogP contribution in [-0.2, 0) is 0 Å². The lowest BCUT2D eigenvalue weighted by molar-refractivity contribution is 0.0696. The van der Waals surface area contributed by atoms with E-state index >= 15 is 0 Å². The molecule has 140 valence electrons. The summed E-state index contributed by atoms with van der Waals surface area (Å²) in [5, 5.41) is 32.8. The highest BCUT2D eigenvalue weighted by molar-refractivity contribution is 6.27. The quantitative estimate of drug-likeness (QED) is 0.557. The first-order valence-electron chi connectivity index (χ1n) is 7.58. The van der Waals surface area contributed by atoms with Crippen molar-refractivity contribution in [2.75, 3.05) is 14.2 Å². The molecular formula is C18H17N3O6. The standard InChI is InChI=1S/C12H12N2O4.C6H5NO2/c1-17-9-5-6-10(18-2)12-8(14-16)4-3-7(13-15)11(9)12;8-6(9)5-2-1-3-7-4-5/h3-6,15-16H,1-2H3;1-4H,(H,8,9). The minimum atomic E-state index is -0.942. The number of benzene rings is 1. The molecule has 0 amide bonds. The molecule has 3 N–H and O–H groups in total. The summed E-state index contributed by atoms with van der Waals surface area (Å²) < 4.78 is 10.4. The van der Waals surface area contributed by atoms with Crippen molar-refractivity contribution in [1.29, 1.82) is 0 Å². The van der Waals surface area contributed by atoms with Crippen LogP contribution in [0.2, 0.25) is 0 Å². The molecule has 0 unspecified atom stereocenters. The normalized spacial score (nSPS) is 14.9. The smallest absolute Gasteiger partial charge is 0.337 e. The van der Waals surface area contributed by atoms with Gasteiger partial charge in [-0.3, -0.25) is 4.98 Å². The summed E-state index contributed by atoms with van der Waals surface area (Å²) in [6, 6.07) is 6.47. The molecular weight excluding hydrogens is 354 g/mol. The van der Waals surface area contributed by atoms with Crippen LogP contribution < -0.4 is 9.47 Å². The number of ether oxygens (including phenoxy) is 2. The van der Waals surface area contributed by atoms with Crippen LogP contribution in [0.5, 0.6) is 11.5 Å². The predicted molar refractivity (Wildman–Crippen MR) is 96.5 cm³/mol. The third-order valence-electron chi connectivity index (χ3n) is 3.60. The lowest BCUT2D eigenvalue weighted by Crippen LogP contribution is -2.16. The Morgan fingerprint density at radius 2 is 1.48 bits per heavy atom. The highest BCUT2D eigenvalue weighted by Gasteiger charge is 2.25. The first-order chi connectivity index (χ1) is 13.1. The maximum absolute atomic E-state index is 10.2. The van der Waals surface area contributed by atoms with Crippen LogP contribution >= 0.6 is 0 Å². The number of allylic oxidation sites excluding steroid dienone is 2. The first kappa shape index (κ1) is 19.4. The second kappa shape index (κ2) is 8.99. The first-order valence-corrected chi connectivity index (χ1v) is 7.58. The second-order valence-electron chi connectivity index (χ2n) is 5.07. The number of hydrogen-bond donors (Lipinski definition) is 3. The summed E-state index contributed by atoms with van der Waals surface area (Å²) in [5.41, 5.74) is 1.89. The van der Waals surface area contributed by atoms with Crippen molar-refractivity contribution >= 4 is 17.4 Å². The molecule has 0 saturated heterocycles. The lowest BCUT2D eigenvalue weighted by Gasteiger charge is -2.19. The number of rotatable bonds is 3. The number of hydrogen-bond acceptors (Lipinski definition) is 8. The van der Waals surface area contributed by atoms with E-state index in [0.29, 0.717) is 34.0 Å². The molecule has 1 aliphatic rings. The number of nitrogens with zero attached hydrogens (tertiary/aromatic N) is 3. The van der Waals surface area contributed by atoms with Gasteiger partial charge in [0.1, 0.15) is 22.9 Å². The Morgan fingerprint density at radius 3 is 1.78 bits per heavy atom. The fourth-order valence-corrected chi connectivity index (χ4v) is 2.39. The van der Waals surface area contributed by atoms with Crippen LogP contribution in [0.25, 0.3) is 0 Å². The third-order valence-corrected chi connectivity index (χ3v) is 3.60. The van der Waals surface area contributed by atoms with Gasteiger partial charge in [0.05, 0.1) is 30.9 Å². The average Bonchev–Trinajstić information content (AvgIpc) is 2.73. The molecule has 0 radical (unpaired) electrons. The zero-order valence-electron chi connectivity index (χ0n) is 14.5. The summed E-state index contributed by atoms with van der Waals surface area (Å²) in [5.74, 6) is 0.0660. The fraction of sp³-hybridized carbons (Fsp3) is 0.111.